The Morgan fingerprint density at radius 1 is 1.06 bits per heavy atom. The van der Waals surface area contributed by atoms with Crippen molar-refractivity contribution in [1.29, 1.82) is 0 Å². The van der Waals surface area contributed by atoms with Crippen LogP contribution in [0.25, 0.3) is 10.8 Å². The fraction of sp³-hybridized carbons (Fsp3) is 0.286. The summed E-state index contributed by atoms with van der Waals surface area (Å²) >= 11 is 0. The van der Waals surface area contributed by atoms with E-state index >= 15 is 0 Å². The predicted octanol–water partition coefficient (Wildman–Crippen LogP) is 3.10. The highest BCUT2D eigenvalue weighted by Gasteiger charge is 2.21. The van der Waals surface area contributed by atoms with Crippen molar-refractivity contribution in [2.45, 2.75) is 19.6 Å². The zero-order valence-corrected chi connectivity index (χ0v) is 11.7. The van der Waals surface area contributed by atoms with E-state index in [9.17, 15) is 5.11 Å². The van der Waals surface area contributed by atoms with Gasteiger partial charge in [0.05, 0.1) is 20.6 Å². The maximum Gasteiger partial charge on any atom is 0.130 e. The van der Waals surface area contributed by atoms with Crippen LogP contribution in [0.2, 0.25) is 19.6 Å². The third kappa shape index (κ3) is 2.02. The summed E-state index contributed by atoms with van der Waals surface area (Å²) in [6.07, 6.45) is 0. The summed E-state index contributed by atoms with van der Waals surface area (Å²) in [6, 6.07) is 9.74. The van der Waals surface area contributed by atoms with Crippen molar-refractivity contribution < 1.29 is 9.84 Å². The van der Waals surface area contributed by atoms with Gasteiger partial charge in [0.15, 0.2) is 0 Å². The molecule has 0 saturated carbocycles. The number of methoxy groups -OCH3 is 1. The third-order valence-corrected chi connectivity index (χ3v) is 5.06. The predicted molar refractivity (Wildman–Crippen MR) is 75.1 cm³/mol. The lowest BCUT2D eigenvalue weighted by molar-refractivity contribution is 0.416. The molecule has 90 valence electrons. The number of phenols is 1. The zero-order valence-electron chi connectivity index (χ0n) is 10.7. The number of benzene rings is 2. The summed E-state index contributed by atoms with van der Waals surface area (Å²) in [6.45, 7) is 6.91. The van der Waals surface area contributed by atoms with Crippen molar-refractivity contribution in [3.8, 4) is 11.5 Å². The lowest BCUT2D eigenvalue weighted by atomic mass is 10.1. The average molecular weight is 246 g/mol. The normalized spacial score (nSPS) is 11.8. The molecule has 0 spiro atoms. The Bertz CT molecular complexity index is 556. The first-order valence-electron chi connectivity index (χ1n) is 5.74. The Morgan fingerprint density at radius 2 is 1.76 bits per heavy atom. The first-order valence-corrected chi connectivity index (χ1v) is 9.24. The minimum Gasteiger partial charge on any atom is -0.507 e. The molecular weight excluding hydrogens is 228 g/mol. The van der Waals surface area contributed by atoms with Crippen molar-refractivity contribution in [2.75, 3.05) is 7.11 Å². The molecule has 0 fully saturated rings. The molecular formula is C14H18O2Si. The van der Waals surface area contributed by atoms with E-state index in [4.69, 9.17) is 4.74 Å². The molecule has 0 aliphatic rings. The molecule has 0 bridgehead atoms. The molecule has 0 aromatic heterocycles. The summed E-state index contributed by atoms with van der Waals surface area (Å²) in [4.78, 5) is 0. The van der Waals surface area contributed by atoms with Crippen LogP contribution in [0.15, 0.2) is 30.3 Å². The second-order valence-corrected chi connectivity index (χ2v) is 10.3. The van der Waals surface area contributed by atoms with E-state index in [0.717, 1.165) is 16.5 Å². The highest BCUT2D eigenvalue weighted by Crippen LogP contribution is 2.32. The van der Waals surface area contributed by atoms with Gasteiger partial charge in [0, 0.05) is 0 Å². The molecule has 0 heterocycles. The fourth-order valence-corrected chi connectivity index (χ4v) is 3.78. The summed E-state index contributed by atoms with van der Waals surface area (Å²) in [5.41, 5.74) is 0. The van der Waals surface area contributed by atoms with Gasteiger partial charge in [0.1, 0.15) is 11.5 Å². The number of rotatable bonds is 2. The quantitative estimate of drug-likeness (QED) is 0.825. The van der Waals surface area contributed by atoms with E-state index in [-0.39, 0.29) is 0 Å². The highest BCUT2D eigenvalue weighted by molar-refractivity contribution is 6.90. The van der Waals surface area contributed by atoms with E-state index in [1.165, 1.54) is 5.19 Å². The van der Waals surface area contributed by atoms with E-state index < -0.39 is 8.07 Å². The van der Waals surface area contributed by atoms with E-state index in [2.05, 4.69) is 31.8 Å². The molecule has 2 nitrogen and oxygen atoms in total. The Labute approximate surface area is 103 Å². The Morgan fingerprint density at radius 3 is 2.35 bits per heavy atom. The minimum absolute atomic E-state index is 0.291. The maximum atomic E-state index is 10.0. The van der Waals surface area contributed by atoms with Crippen molar-refractivity contribution in [1.82, 2.24) is 0 Å². The van der Waals surface area contributed by atoms with Gasteiger partial charge in [-0.15, -0.1) is 0 Å². The Kier molecular flexibility index (Phi) is 2.87. The van der Waals surface area contributed by atoms with Crippen molar-refractivity contribution in [2.24, 2.45) is 0 Å². The molecule has 0 radical (unpaired) electrons. The van der Waals surface area contributed by atoms with Gasteiger partial charge in [-0.25, -0.2) is 0 Å². The molecule has 3 heteroatoms. The molecule has 2 rings (SSSR count). The first kappa shape index (κ1) is 12.0. The van der Waals surface area contributed by atoms with Crippen LogP contribution in [0, 0.1) is 0 Å². The zero-order chi connectivity index (χ0) is 12.6. The Hall–Kier alpha value is -1.48. The largest absolute Gasteiger partial charge is 0.507 e. The first-order chi connectivity index (χ1) is 7.95. The van der Waals surface area contributed by atoms with Crippen LogP contribution >= 0.6 is 0 Å². The molecule has 2 aromatic carbocycles. The number of hydrogen-bond acceptors (Lipinski definition) is 2. The van der Waals surface area contributed by atoms with Crippen LogP contribution in [-0.2, 0) is 0 Å². The van der Waals surface area contributed by atoms with E-state index in [1.54, 1.807) is 13.2 Å². The molecule has 0 aliphatic heterocycles. The topological polar surface area (TPSA) is 29.5 Å². The van der Waals surface area contributed by atoms with E-state index in [0.29, 0.717) is 5.75 Å². The molecule has 0 saturated heterocycles. The monoisotopic (exact) mass is 246 g/mol. The van der Waals surface area contributed by atoms with Crippen molar-refractivity contribution in [3.63, 3.8) is 0 Å². The van der Waals surface area contributed by atoms with Crippen LogP contribution < -0.4 is 9.92 Å². The second-order valence-electron chi connectivity index (χ2n) is 5.27. The maximum absolute atomic E-state index is 10.0. The molecule has 1 N–H and O–H groups in total. The number of hydrogen-bond donors (Lipinski definition) is 1. The van der Waals surface area contributed by atoms with Crippen LogP contribution in [0.4, 0.5) is 0 Å². The van der Waals surface area contributed by atoms with Gasteiger partial charge < -0.3 is 9.84 Å². The molecule has 0 amide bonds. The van der Waals surface area contributed by atoms with Crippen molar-refractivity contribution >= 4 is 24.0 Å². The standard InChI is InChI=1S/C14H18O2Si/c1-16-12-8-9-13(17(2,3)4)10-6-5-7-11(15)14(10)12/h5-9,15H,1-4H3. The lowest BCUT2D eigenvalue weighted by Gasteiger charge is -2.20. The lowest BCUT2D eigenvalue weighted by Crippen LogP contribution is -2.38. The average Bonchev–Trinajstić information content (AvgIpc) is 2.26. The SMILES string of the molecule is COc1ccc([Si](C)(C)C)c2cccc(O)c12. The van der Waals surface area contributed by atoms with Gasteiger partial charge >= 0.3 is 0 Å². The molecule has 0 unspecified atom stereocenters. The van der Waals surface area contributed by atoms with Gasteiger partial charge in [-0.2, -0.15) is 0 Å². The fourth-order valence-electron chi connectivity index (χ4n) is 2.18. The number of fused-ring (bicyclic) bond motifs is 1. The number of phenolic OH excluding ortho intramolecular Hbond substituents is 1. The summed E-state index contributed by atoms with van der Waals surface area (Å²) in [5.74, 6) is 1.03. The van der Waals surface area contributed by atoms with Gasteiger partial charge in [-0.3, -0.25) is 0 Å². The Balaban J connectivity index is 2.88. The van der Waals surface area contributed by atoms with Crippen LogP contribution in [0.5, 0.6) is 11.5 Å². The molecule has 17 heavy (non-hydrogen) atoms. The van der Waals surface area contributed by atoms with Crippen molar-refractivity contribution in [3.05, 3.63) is 30.3 Å². The van der Waals surface area contributed by atoms with Crippen LogP contribution in [0.3, 0.4) is 0 Å². The number of ether oxygens (including phenoxy) is 1. The van der Waals surface area contributed by atoms with Gasteiger partial charge in [-0.05, 0) is 17.5 Å². The van der Waals surface area contributed by atoms with Crippen LogP contribution in [-0.4, -0.2) is 20.3 Å². The minimum atomic E-state index is -1.42. The highest BCUT2D eigenvalue weighted by atomic mass is 28.3. The molecule has 0 atom stereocenters. The molecule has 2 aromatic rings. The van der Waals surface area contributed by atoms with Crippen LogP contribution in [0.1, 0.15) is 0 Å². The van der Waals surface area contributed by atoms with Gasteiger partial charge in [0.25, 0.3) is 0 Å². The summed E-state index contributed by atoms with van der Waals surface area (Å²) < 4.78 is 5.33. The smallest absolute Gasteiger partial charge is 0.130 e. The van der Waals surface area contributed by atoms with E-state index in [1.807, 2.05) is 12.1 Å². The number of aromatic hydroxyl groups is 1. The third-order valence-electron chi connectivity index (χ3n) is 3.01. The summed E-state index contributed by atoms with van der Waals surface area (Å²) in [7, 11) is 0.211. The van der Waals surface area contributed by atoms with Gasteiger partial charge in [0.2, 0.25) is 0 Å². The second kappa shape index (κ2) is 4.07. The summed E-state index contributed by atoms with van der Waals surface area (Å²) in [5, 5.41) is 13.3. The molecule has 0 aliphatic carbocycles. The van der Waals surface area contributed by atoms with Gasteiger partial charge in [-0.1, -0.05) is 43.0 Å².